The van der Waals surface area contributed by atoms with Crippen molar-refractivity contribution in [3.63, 3.8) is 0 Å². The minimum absolute atomic E-state index is 0.00275. The number of sulfone groups is 1. The first-order valence-corrected chi connectivity index (χ1v) is 9.63. The van der Waals surface area contributed by atoms with Crippen LogP contribution in [0.25, 0.3) is 0 Å². The predicted molar refractivity (Wildman–Crippen MR) is 86.4 cm³/mol. The summed E-state index contributed by atoms with van der Waals surface area (Å²) in [5, 5.41) is 11.1. The van der Waals surface area contributed by atoms with E-state index < -0.39 is 16.2 Å². The van der Waals surface area contributed by atoms with Crippen LogP contribution in [0.3, 0.4) is 0 Å². The molecule has 0 saturated heterocycles. The normalized spacial score (nSPS) is 15.8. The van der Waals surface area contributed by atoms with Crippen LogP contribution in [0, 0.1) is 10.1 Å². The highest BCUT2D eigenvalue weighted by Crippen LogP contribution is 2.46. The highest BCUT2D eigenvalue weighted by Gasteiger charge is 2.40. The van der Waals surface area contributed by atoms with Crippen LogP contribution in [0.15, 0.2) is 17.0 Å². The molecule has 0 radical (unpaired) electrons. The van der Waals surface area contributed by atoms with Gasteiger partial charge in [0.25, 0.3) is 5.69 Å². The van der Waals surface area contributed by atoms with Crippen molar-refractivity contribution >= 4 is 63.3 Å². The number of nitro groups is 1. The quantitative estimate of drug-likeness (QED) is 0.355. The number of nitrogens with zero attached hydrogens (tertiary/aromatic N) is 1. The smallest absolute Gasteiger partial charge is 0.258 e. The lowest BCUT2D eigenvalue weighted by Gasteiger charge is -2.22. The van der Waals surface area contributed by atoms with Gasteiger partial charge in [0.05, 0.1) is 9.82 Å². The first kappa shape index (κ1) is 16.4. The molecular formula is C11H10Br3NO4S. The lowest BCUT2D eigenvalue weighted by molar-refractivity contribution is -0.385. The van der Waals surface area contributed by atoms with E-state index in [4.69, 9.17) is 0 Å². The third kappa shape index (κ3) is 2.82. The molecule has 0 amide bonds. The molecule has 0 atom stereocenters. The van der Waals surface area contributed by atoms with E-state index in [0.29, 0.717) is 24.0 Å². The van der Waals surface area contributed by atoms with Crippen LogP contribution in [0.5, 0.6) is 0 Å². The average molecular weight is 492 g/mol. The van der Waals surface area contributed by atoms with E-state index in [0.717, 1.165) is 12.8 Å². The average Bonchev–Trinajstić information content (AvgIpc) is 2.35. The van der Waals surface area contributed by atoms with E-state index in [1.165, 1.54) is 12.1 Å². The fraction of sp³-hybridized carbons (Fsp3) is 0.455. The van der Waals surface area contributed by atoms with Crippen LogP contribution in [-0.4, -0.2) is 14.8 Å². The van der Waals surface area contributed by atoms with Crippen molar-refractivity contribution in [3.8, 4) is 0 Å². The summed E-state index contributed by atoms with van der Waals surface area (Å²) >= 11 is 9.07. The zero-order chi connectivity index (χ0) is 15.1. The van der Waals surface area contributed by atoms with Gasteiger partial charge in [-0.3, -0.25) is 10.1 Å². The molecule has 0 N–H and O–H groups in total. The predicted octanol–water partition coefficient (Wildman–Crippen LogP) is 4.04. The second kappa shape index (κ2) is 5.66. The second-order valence-corrected chi connectivity index (χ2v) is 14.8. The van der Waals surface area contributed by atoms with Crippen molar-refractivity contribution in [2.45, 2.75) is 32.1 Å². The van der Waals surface area contributed by atoms with E-state index in [2.05, 4.69) is 47.8 Å². The molecule has 0 aromatic heterocycles. The molecule has 0 fully saturated rings. The molecule has 5 nitrogen and oxygen atoms in total. The van der Waals surface area contributed by atoms with Crippen molar-refractivity contribution in [1.82, 2.24) is 0 Å². The number of hydrogen-bond donors (Lipinski definition) is 0. The topological polar surface area (TPSA) is 77.3 Å². The van der Waals surface area contributed by atoms with E-state index in [-0.39, 0.29) is 10.6 Å². The van der Waals surface area contributed by atoms with Crippen LogP contribution in [0.4, 0.5) is 5.69 Å². The Bertz CT molecular complexity index is 667. The van der Waals surface area contributed by atoms with Gasteiger partial charge in [0, 0.05) is 11.6 Å². The first-order chi connectivity index (χ1) is 9.16. The van der Waals surface area contributed by atoms with Crippen molar-refractivity contribution < 1.29 is 13.3 Å². The standard InChI is InChI=1S/C11H10Br3NO4S/c12-11(13,14)20(18,19)10-6-5-9(15(16)17)7-3-1-2-4-8(7)10/h5-6H,1-4H2. The van der Waals surface area contributed by atoms with Gasteiger partial charge in [0.1, 0.15) is 0 Å². The summed E-state index contributed by atoms with van der Waals surface area (Å²) in [4.78, 5) is 10.7. The van der Waals surface area contributed by atoms with E-state index in [9.17, 15) is 18.5 Å². The zero-order valence-electron chi connectivity index (χ0n) is 10.1. The van der Waals surface area contributed by atoms with E-state index in [1.54, 1.807) is 0 Å². The highest BCUT2D eigenvalue weighted by atomic mass is 80.0. The number of rotatable bonds is 2. The number of nitro benzene ring substituents is 1. The number of fused-ring (bicyclic) bond motifs is 1. The molecule has 20 heavy (non-hydrogen) atoms. The monoisotopic (exact) mass is 489 g/mol. The summed E-state index contributed by atoms with van der Waals surface area (Å²) < 4.78 is 23.5. The zero-order valence-corrected chi connectivity index (χ0v) is 15.7. The first-order valence-electron chi connectivity index (χ1n) is 5.77. The molecule has 0 aliphatic heterocycles. The third-order valence-electron chi connectivity index (χ3n) is 3.26. The molecule has 0 spiro atoms. The van der Waals surface area contributed by atoms with Crippen LogP contribution in [0.1, 0.15) is 24.0 Å². The van der Waals surface area contributed by atoms with Gasteiger partial charge in [-0.05, 0) is 85.1 Å². The number of benzene rings is 1. The molecule has 0 bridgehead atoms. The Morgan fingerprint density at radius 3 is 2.15 bits per heavy atom. The molecule has 1 aliphatic rings. The lowest BCUT2D eigenvalue weighted by Crippen LogP contribution is -2.21. The summed E-state index contributed by atoms with van der Waals surface area (Å²) in [6.45, 7) is 0. The molecular weight excluding hydrogens is 482 g/mol. The number of halogens is 3. The third-order valence-corrected chi connectivity index (χ3v) is 8.66. The number of alkyl halides is 3. The Balaban J connectivity index is 2.72. The maximum atomic E-state index is 12.5. The molecule has 0 unspecified atom stereocenters. The van der Waals surface area contributed by atoms with Crippen LogP contribution in [-0.2, 0) is 22.7 Å². The summed E-state index contributed by atoms with van der Waals surface area (Å²) in [6.07, 6.45) is 2.74. The Hall–Kier alpha value is 0.01000. The molecule has 0 heterocycles. The fourth-order valence-electron chi connectivity index (χ4n) is 2.36. The molecule has 1 aromatic carbocycles. The van der Waals surface area contributed by atoms with Crippen LogP contribution in [0.2, 0.25) is 0 Å². The second-order valence-electron chi connectivity index (χ2n) is 4.45. The van der Waals surface area contributed by atoms with Gasteiger partial charge in [-0.25, -0.2) is 8.42 Å². The Morgan fingerprint density at radius 2 is 1.65 bits per heavy atom. The minimum atomic E-state index is -3.73. The van der Waals surface area contributed by atoms with Crippen molar-refractivity contribution in [1.29, 1.82) is 0 Å². The van der Waals surface area contributed by atoms with Gasteiger partial charge in [-0.1, -0.05) is 0 Å². The SMILES string of the molecule is O=[N+]([O-])c1ccc(S(=O)(=O)C(Br)(Br)Br)c2c1CCCC2. The Kier molecular flexibility index (Phi) is 4.63. The largest absolute Gasteiger partial charge is 0.272 e. The van der Waals surface area contributed by atoms with E-state index >= 15 is 0 Å². The van der Waals surface area contributed by atoms with Crippen molar-refractivity contribution in [2.75, 3.05) is 0 Å². The molecule has 1 aromatic rings. The molecule has 9 heteroatoms. The van der Waals surface area contributed by atoms with E-state index in [1.807, 2.05) is 0 Å². The van der Waals surface area contributed by atoms with Gasteiger partial charge < -0.3 is 0 Å². The molecule has 2 rings (SSSR count). The fourth-order valence-corrected chi connectivity index (χ4v) is 4.98. The maximum Gasteiger partial charge on any atom is 0.272 e. The van der Waals surface area contributed by atoms with Crippen LogP contribution < -0.4 is 0 Å². The molecule has 0 saturated carbocycles. The summed E-state index contributed by atoms with van der Waals surface area (Å²) in [5.74, 6) is 0. The highest BCUT2D eigenvalue weighted by molar-refractivity contribution is 9.42. The number of hydrogen-bond acceptors (Lipinski definition) is 4. The summed E-state index contributed by atoms with van der Waals surface area (Å²) in [6, 6.07) is 2.59. The molecule has 110 valence electrons. The maximum absolute atomic E-state index is 12.5. The van der Waals surface area contributed by atoms with Crippen LogP contribution >= 0.6 is 47.8 Å². The minimum Gasteiger partial charge on any atom is -0.258 e. The van der Waals surface area contributed by atoms with Crippen molar-refractivity contribution in [3.05, 3.63) is 33.4 Å². The van der Waals surface area contributed by atoms with Gasteiger partial charge in [-0.2, -0.15) is 0 Å². The molecule has 1 aliphatic carbocycles. The summed E-state index contributed by atoms with van der Waals surface area (Å²) in [7, 11) is -3.73. The Labute approximate surface area is 141 Å². The summed E-state index contributed by atoms with van der Waals surface area (Å²) in [5.41, 5.74) is 1.11. The van der Waals surface area contributed by atoms with Gasteiger partial charge >= 0.3 is 0 Å². The van der Waals surface area contributed by atoms with Gasteiger partial charge in [-0.15, -0.1) is 0 Å². The Morgan fingerprint density at radius 1 is 1.10 bits per heavy atom. The lowest BCUT2D eigenvalue weighted by atomic mass is 9.90. The van der Waals surface area contributed by atoms with Crippen molar-refractivity contribution in [2.24, 2.45) is 0 Å². The van der Waals surface area contributed by atoms with Gasteiger partial charge in [0.15, 0.2) is 0 Å². The van der Waals surface area contributed by atoms with Gasteiger partial charge in [0.2, 0.25) is 11.3 Å².